The molecule has 6 heteroatoms. The first kappa shape index (κ1) is 20.3. The number of carbonyl (C=O) groups excluding carboxylic acids is 1. The van der Waals surface area contributed by atoms with Crippen LogP contribution in [0.3, 0.4) is 0 Å². The van der Waals surface area contributed by atoms with Gasteiger partial charge in [0.2, 0.25) is 0 Å². The molecular weight excluding hydrogens is 310 g/mol. The summed E-state index contributed by atoms with van der Waals surface area (Å²) < 4.78 is 18.7. The Morgan fingerprint density at radius 1 is 1.26 bits per heavy atom. The zero-order valence-corrected chi connectivity index (χ0v) is 16.3. The molecule has 0 unspecified atom stereocenters. The van der Waals surface area contributed by atoms with Gasteiger partial charge in [-0.25, -0.2) is 0 Å². The molecule has 1 fully saturated rings. The standard InChI is InChI=1S/C17H31NO4Si/c1-7-23(8-2,9-3)21-15(11-13-19)17(6)14(10-12-18)20-16(4,5)22-17/h13-15H,7-11H2,1-6H3/t14-,15-,17+/m1/s1. The van der Waals surface area contributed by atoms with Crippen LogP contribution in [0.1, 0.15) is 54.4 Å². The lowest BCUT2D eigenvalue weighted by molar-refractivity contribution is -0.178. The summed E-state index contributed by atoms with van der Waals surface area (Å²) in [5.41, 5.74) is -0.794. The van der Waals surface area contributed by atoms with Crippen molar-refractivity contribution >= 4 is 14.6 Å². The molecule has 0 aromatic carbocycles. The fourth-order valence-electron chi connectivity index (χ4n) is 3.47. The molecule has 0 amide bonds. The molecule has 0 radical (unpaired) electrons. The third kappa shape index (κ3) is 4.41. The Bertz CT molecular complexity index is 436. The van der Waals surface area contributed by atoms with Gasteiger partial charge in [0.25, 0.3) is 0 Å². The molecule has 23 heavy (non-hydrogen) atoms. The molecule has 132 valence electrons. The number of hydrogen-bond donors (Lipinski definition) is 0. The lowest BCUT2D eigenvalue weighted by atomic mass is 9.89. The minimum Gasteiger partial charge on any atom is -0.410 e. The Labute approximate surface area is 141 Å². The van der Waals surface area contributed by atoms with E-state index in [0.717, 1.165) is 24.4 Å². The van der Waals surface area contributed by atoms with Crippen LogP contribution in [-0.2, 0) is 18.7 Å². The fraction of sp³-hybridized carbons (Fsp3) is 0.882. The molecule has 3 atom stereocenters. The van der Waals surface area contributed by atoms with Crippen LogP contribution in [0.5, 0.6) is 0 Å². The number of ether oxygens (including phenoxy) is 2. The summed E-state index contributed by atoms with van der Waals surface area (Å²) in [5, 5.41) is 9.12. The van der Waals surface area contributed by atoms with E-state index in [-0.39, 0.29) is 18.9 Å². The molecule has 1 heterocycles. The molecule has 1 saturated heterocycles. The molecule has 0 spiro atoms. The molecule has 1 aliphatic heterocycles. The molecular formula is C17H31NO4Si. The molecule has 0 N–H and O–H groups in total. The van der Waals surface area contributed by atoms with Crippen molar-refractivity contribution < 1.29 is 18.7 Å². The topological polar surface area (TPSA) is 68.6 Å². The number of hydrogen-bond acceptors (Lipinski definition) is 5. The summed E-state index contributed by atoms with van der Waals surface area (Å²) >= 11 is 0. The van der Waals surface area contributed by atoms with Crippen molar-refractivity contribution in [1.82, 2.24) is 0 Å². The Balaban J connectivity index is 3.15. The Hall–Kier alpha value is -0.743. The van der Waals surface area contributed by atoms with Gasteiger partial charge in [0.1, 0.15) is 18.0 Å². The van der Waals surface area contributed by atoms with Gasteiger partial charge in [-0.1, -0.05) is 20.8 Å². The first-order valence-corrected chi connectivity index (χ1v) is 11.1. The molecule has 0 saturated carbocycles. The third-order valence-electron chi connectivity index (χ3n) is 5.08. The van der Waals surface area contributed by atoms with Gasteiger partial charge in [-0.05, 0) is 38.9 Å². The lowest BCUT2D eigenvalue weighted by Gasteiger charge is -2.41. The highest BCUT2D eigenvalue weighted by molar-refractivity contribution is 6.73. The van der Waals surface area contributed by atoms with Crippen LogP contribution in [0.4, 0.5) is 0 Å². The normalized spacial score (nSPS) is 28.3. The SMILES string of the molecule is CC[Si](CC)(CC)O[C@H](CC=O)[C@@]1(C)OC(C)(C)O[C@@H]1CC#N. The van der Waals surface area contributed by atoms with E-state index in [9.17, 15) is 4.79 Å². The van der Waals surface area contributed by atoms with E-state index in [2.05, 4.69) is 26.8 Å². The van der Waals surface area contributed by atoms with Crippen molar-refractivity contribution in [1.29, 1.82) is 5.26 Å². The van der Waals surface area contributed by atoms with E-state index in [0.29, 0.717) is 0 Å². The highest BCUT2D eigenvalue weighted by atomic mass is 28.4. The van der Waals surface area contributed by atoms with E-state index in [4.69, 9.17) is 19.2 Å². The van der Waals surface area contributed by atoms with Gasteiger partial charge >= 0.3 is 0 Å². The van der Waals surface area contributed by atoms with Crippen LogP contribution >= 0.6 is 0 Å². The van der Waals surface area contributed by atoms with Crippen molar-refractivity contribution in [2.75, 3.05) is 0 Å². The smallest absolute Gasteiger partial charge is 0.192 e. The first-order valence-electron chi connectivity index (χ1n) is 8.58. The molecule has 0 bridgehead atoms. The highest BCUT2D eigenvalue weighted by Crippen LogP contribution is 2.43. The highest BCUT2D eigenvalue weighted by Gasteiger charge is 2.56. The molecule has 1 aliphatic rings. The molecule has 0 aromatic heterocycles. The third-order valence-corrected chi connectivity index (χ3v) is 9.73. The van der Waals surface area contributed by atoms with Gasteiger partial charge in [-0.15, -0.1) is 0 Å². The summed E-state index contributed by atoms with van der Waals surface area (Å²) in [7, 11) is -1.91. The number of rotatable bonds is 9. The molecule has 1 rings (SSSR count). The zero-order chi connectivity index (χ0) is 17.7. The second-order valence-electron chi connectivity index (χ2n) is 6.91. The zero-order valence-electron chi connectivity index (χ0n) is 15.3. The maximum atomic E-state index is 11.3. The maximum absolute atomic E-state index is 11.3. The molecule has 5 nitrogen and oxygen atoms in total. The van der Waals surface area contributed by atoms with Crippen molar-refractivity contribution in [2.24, 2.45) is 0 Å². The van der Waals surface area contributed by atoms with Gasteiger partial charge in [-0.3, -0.25) is 0 Å². The van der Waals surface area contributed by atoms with Gasteiger partial charge in [0, 0.05) is 6.42 Å². The number of carbonyl (C=O) groups is 1. The van der Waals surface area contributed by atoms with Crippen LogP contribution in [0.2, 0.25) is 18.1 Å². The summed E-state index contributed by atoms with van der Waals surface area (Å²) in [6, 6.07) is 5.16. The minimum atomic E-state index is -1.91. The van der Waals surface area contributed by atoms with Gasteiger partial charge in [0.15, 0.2) is 14.1 Å². The Morgan fingerprint density at radius 2 is 1.83 bits per heavy atom. The van der Waals surface area contributed by atoms with Crippen molar-refractivity contribution in [3.8, 4) is 6.07 Å². The summed E-state index contributed by atoms with van der Waals surface area (Å²) in [4.78, 5) is 11.3. The van der Waals surface area contributed by atoms with Crippen LogP contribution in [-0.4, -0.2) is 38.2 Å². The van der Waals surface area contributed by atoms with Crippen molar-refractivity contribution in [3.63, 3.8) is 0 Å². The number of nitrogens with zero attached hydrogens (tertiary/aromatic N) is 1. The predicted octanol–water partition coefficient (Wildman–Crippen LogP) is 3.79. The van der Waals surface area contributed by atoms with Crippen LogP contribution in [0.15, 0.2) is 0 Å². The number of aldehydes is 1. The maximum Gasteiger partial charge on any atom is 0.192 e. The van der Waals surface area contributed by atoms with Gasteiger partial charge < -0.3 is 18.7 Å². The summed E-state index contributed by atoms with van der Waals surface area (Å²) in [5.74, 6) is -0.782. The van der Waals surface area contributed by atoms with E-state index >= 15 is 0 Å². The first-order chi connectivity index (χ1) is 10.7. The largest absolute Gasteiger partial charge is 0.410 e. The van der Waals surface area contributed by atoms with Crippen molar-refractivity contribution in [3.05, 3.63) is 0 Å². The quantitative estimate of drug-likeness (QED) is 0.471. The summed E-state index contributed by atoms with van der Waals surface area (Å²) in [6.07, 6.45) is 0.578. The van der Waals surface area contributed by atoms with Gasteiger partial charge in [0.05, 0.1) is 18.6 Å². The molecule has 0 aliphatic carbocycles. The summed E-state index contributed by atoms with van der Waals surface area (Å²) in [6.45, 7) is 12.1. The monoisotopic (exact) mass is 341 g/mol. The average Bonchev–Trinajstić information content (AvgIpc) is 2.74. The molecule has 0 aromatic rings. The minimum absolute atomic E-state index is 0.220. The second kappa shape index (κ2) is 7.89. The van der Waals surface area contributed by atoms with Crippen LogP contribution < -0.4 is 0 Å². The fourth-order valence-corrected chi connectivity index (χ4v) is 6.40. The van der Waals surface area contributed by atoms with E-state index in [1.807, 2.05) is 20.8 Å². The van der Waals surface area contributed by atoms with Crippen LogP contribution in [0, 0.1) is 11.3 Å². The van der Waals surface area contributed by atoms with E-state index in [1.165, 1.54) is 0 Å². The second-order valence-corrected chi connectivity index (χ2v) is 11.6. The van der Waals surface area contributed by atoms with E-state index in [1.54, 1.807) is 0 Å². The average molecular weight is 342 g/mol. The van der Waals surface area contributed by atoms with Crippen LogP contribution in [0.25, 0.3) is 0 Å². The number of nitriles is 1. The van der Waals surface area contributed by atoms with Gasteiger partial charge in [-0.2, -0.15) is 5.26 Å². The Kier molecular flexibility index (Phi) is 6.96. The van der Waals surface area contributed by atoms with Crippen molar-refractivity contribution in [2.45, 2.75) is 96.1 Å². The Morgan fingerprint density at radius 3 is 2.26 bits per heavy atom. The lowest BCUT2D eigenvalue weighted by Crippen LogP contribution is -2.54. The predicted molar refractivity (Wildman–Crippen MR) is 91.4 cm³/mol. The van der Waals surface area contributed by atoms with E-state index < -0.39 is 25.8 Å².